The van der Waals surface area contributed by atoms with Crippen molar-refractivity contribution in [3.8, 4) is 11.5 Å². The van der Waals surface area contributed by atoms with Crippen LogP contribution in [0.3, 0.4) is 0 Å². The molecule has 0 saturated heterocycles. The standard InChI is InChI=1S/C19H14BrClN2O4S/c1-2-26-14-8-10(9-15-17(24)23-19(22)28-15)7-13(20)16(14)27-18(25)11-3-5-12(21)6-4-11/h3-9H,2H2,1H3,(H2,22,23,24)/b15-9-. The fourth-order valence-corrected chi connectivity index (χ4v) is 3.70. The van der Waals surface area contributed by atoms with Crippen LogP contribution in [-0.4, -0.2) is 23.7 Å². The number of hydrogen-bond donors (Lipinski definition) is 1. The van der Waals surface area contributed by atoms with Crippen molar-refractivity contribution >= 4 is 62.4 Å². The lowest BCUT2D eigenvalue weighted by atomic mass is 10.1. The lowest BCUT2D eigenvalue weighted by molar-refractivity contribution is -0.113. The highest BCUT2D eigenvalue weighted by Gasteiger charge is 2.21. The van der Waals surface area contributed by atoms with E-state index in [1.807, 2.05) is 6.92 Å². The Morgan fingerprint density at radius 3 is 2.64 bits per heavy atom. The Labute approximate surface area is 178 Å². The predicted molar refractivity (Wildman–Crippen MR) is 114 cm³/mol. The quantitative estimate of drug-likeness (QED) is 0.380. The van der Waals surface area contributed by atoms with Crippen molar-refractivity contribution in [3.05, 3.63) is 61.9 Å². The van der Waals surface area contributed by atoms with E-state index < -0.39 is 11.9 Å². The summed E-state index contributed by atoms with van der Waals surface area (Å²) in [6.45, 7) is 2.18. The molecular formula is C19H14BrClN2O4S. The Bertz CT molecular complexity index is 1010. The first-order valence-corrected chi connectivity index (χ1v) is 10.1. The molecule has 0 radical (unpaired) electrons. The number of esters is 1. The van der Waals surface area contributed by atoms with Crippen molar-refractivity contribution in [1.82, 2.24) is 0 Å². The Morgan fingerprint density at radius 2 is 2.04 bits per heavy atom. The van der Waals surface area contributed by atoms with Gasteiger partial charge in [0.05, 0.1) is 21.5 Å². The highest BCUT2D eigenvalue weighted by Crippen LogP contribution is 2.39. The first kappa shape index (κ1) is 20.4. The minimum absolute atomic E-state index is 0.203. The zero-order valence-corrected chi connectivity index (χ0v) is 17.7. The monoisotopic (exact) mass is 480 g/mol. The molecular weight excluding hydrogens is 468 g/mol. The number of hydrogen-bond acceptors (Lipinski definition) is 6. The number of carbonyl (C=O) groups is 2. The number of halogens is 2. The number of amides is 1. The second-order valence-electron chi connectivity index (χ2n) is 5.53. The SMILES string of the molecule is CCOc1cc(/C=C2\SC(N)=NC2=O)cc(Br)c1OC(=O)c1ccc(Cl)cc1. The number of benzene rings is 2. The Balaban J connectivity index is 1.91. The van der Waals surface area contributed by atoms with E-state index in [2.05, 4.69) is 20.9 Å². The molecule has 2 N–H and O–H groups in total. The molecule has 1 aliphatic heterocycles. The van der Waals surface area contributed by atoms with Gasteiger partial charge in [-0.3, -0.25) is 4.79 Å². The van der Waals surface area contributed by atoms with E-state index in [0.717, 1.165) is 11.8 Å². The third kappa shape index (κ3) is 4.76. The molecule has 0 aromatic heterocycles. The number of aliphatic imine (C=N–C) groups is 1. The van der Waals surface area contributed by atoms with Gasteiger partial charge in [-0.2, -0.15) is 4.99 Å². The molecule has 28 heavy (non-hydrogen) atoms. The molecule has 1 heterocycles. The maximum atomic E-state index is 12.4. The molecule has 0 bridgehead atoms. The normalized spacial score (nSPS) is 14.9. The van der Waals surface area contributed by atoms with Crippen LogP contribution in [0.5, 0.6) is 11.5 Å². The fraction of sp³-hybridized carbons (Fsp3) is 0.105. The number of nitrogens with two attached hydrogens (primary N) is 1. The third-order valence-electron chi connectivity index (χ3n) is 3.54. The minimum atomic E-state index is -0.549. The van der Waals surface area contributed by atoms with Gasteiger partial charge in [-0.15, -0.1) is 0 Å². The second kappa shape index (κ2) is 8.81. The summed E-state index contributed by atoms with van der Waals surface area (Å²) in [4.78, 5) is 28.3. The van der Waals surface area contributed by atoms with Gasteiger partial charge in [0.25, 0.3) is 5.91 Å². The van der Waals surface area contributed by atoms with E-state index >= 15 is 0 Å². The molecule has 2 aromatic rings. The molecule has 2 aromatic carbocycles. The third-order valence-corrected chi connectivity index (χ3v) is 5.20. The van der Waals surface area contributed by atoms with Crippen LogP contribution >= 0.6 is 39.3 Å². The van der Waals surface area contributed by atoms with Crippen LogP contribution < -0.4 is 15.2 Å². The maximum Gasteiger partial charge on any atom is 0.343 e. The topological polar surface area (TPSA) is 91.0 Å². The highest BCUT2D eigenvalue weighted by atomic mass is 79.9. The summed E-state index contributed by atoms with van der Waals surface area (Å²) in [6.07, 6.45) is 1.65. The van der Waals surface area contributed by atoms with Crippen molar-refractivity contribution in [2.75, 3.05) is 6.61 Å². The number of rotatable bonds is 5. The summed E-state index contributed by atoms with van der Waals surface area (Å²) in [5.74, 6) is -0.345. The van der Waals surface area contributed by atoms with Crippen molar-refractivity contribution in [2.45, 2.75) is 6.92 Å². The average molecular weight is 482 g/mol. The van der Waals surface area contributed by atoms with Crippen LogP contribution in [-0.2, 0) is 4.79 Å². The molecule has 9 heteroatoms. The smallest absolute Gasteiger partial charge is 0.343 e. The lowest BCUT2D eigenvalue weighted by Gasteiger charge is -2.14. The van der Waals surface area contributed by atoms with Crippen molar-refractivity contribution in [3.63, 3.8) is 0 Å². The van der Waals surface area contributed by atoms with Crippen molar-refractivity contribution in [2.24, 2.45) is 10.7 Å². The number of amidine groups is 1. The molecule has 0 fully saturated rings. The number of thioether (sulfide) groups is 1. The van der Waals surface area contributed by atoms with E-state index in [-0.39, 0.29) is 10.9 Å². The fourth-order valence-electron chi connectivity index (χ4n) is 2.35. The van der Waals surface area contributed by atoms with E-state index in [1.165, 1.54) is 0 Å². The summed E-state index contributed by atoms with van der Waals surface area (Å²) in [7, 11) is 0. The zero-order chi connectivity index (χ0) is 20.3. The van der Waals surface area contributed by atoms with Crippen LogP contribution in [0.15, 0.2) is 50.8 Å². The molecule has 144 valence electrons. The van der Waals surface area contributed by atoms with Crippen LogP contribution in [0.1, 0.15) is 22.8 Å². The highest BCUT2D eigenvalue weighted by molar-refractivity contribution is 9.10. The number of carbonyl (C=O) groups excluding carboxylic acids is 2. The van der Waals surface area contributed by atoms with Crippen LogP contribution in [0.2, 0.25) is 5.02 Å². The first-order valence-electron chi connectivity index (χ1n) is 8.09. The van der Waals surface area contributed by atoms with Gasteiger partial charge in [-0.05, 0) is 82.7 Å². The van der Waals surface area contributed by atoms with Crippen LogP contribution in [0, 0.1) is 0 Å². The summed E-state index contributed by atoms with van der Waals surface area (Å²) < 4.78 is 11.6. The molecule has 6 nitrogen and oxygen atoms in total. The summed E-state index contributed by atoms with van der Waals surface area (Å²) in [5.41, 5.74) is 6.59. The van der Waals surface area contributed by atoms with Crippen molar-refractivity contribution in [1.29, 1.82) is 0 Å². The number of ether oxygens (including phenoxy) is 2. The molecule has 0 aliphatic carbocycles. The Morgan fingerprint density at radius 1 is 1.32 bits per heavy atom. The summed E-state index contributed by atoms with van der Waals surface area (Å²) in [6, 6.07) is 9.75. The van der Waals surface area contributed by atoms with Gasteiger partial charge in [0.2, 0.25) is 0 Å². The van der Waals surface area contributed by atoms with Gasteiger partial charge in [0.15, 0.2) is 16.7 Å². The Hall–Kier alpha value is -2.29. The van der Waals surface area contributed by atoms with E-state index in [4.69, 9.17) is 26.8 Å². The van der Waals surface area contributed by atoms with Gasteiger partial charge < -0.3 is 15.2 Å². The lowest BCUT2D eigenvalue weighted by Crippen LogP contribution is -2.10. The largest absolute Gasteiger partial charge is 0.490 e. The van der Waals surface area contributed by atoms with Gasteiger partial charge in [-0.25, -0.2) is 4.79 Å². The second-order valence-corrected chi connectivity index (χ2v) is 7.88. The first-order chi connectivity index (χ1) is 13.4. The molecule has 0 atom stereocenters. The zero-order valence-electron chi connectivity index (χ0n) is 14.6. The Kier molecular flexibility index (Phi) is 6.43. The molecule has 3 rings (SSSR count). The van der Waals surface area contributed by atoms with Crippen LogP contribution in [0.4, 0.5) is 0 Å². The minimum Gasteiger partial charge on any atom is -0.490 e. The molecule has 0 saturated carbocycles. The van der Waals surface area contributed by atoms with Crippen molar-refractivity contribution < 1.29 is 19.1 Å². The van der Waals surface area contributed by atoms with E-state index in [0.29, 0.717) is 37.9 Å². The molecule has 1 amide bonds. The molecule has 0 unspecified atom stereocenters. The van der Waals surface area contributed by atoms with Gasteiger partial charge in [-0.1, -0.05) is 11.6 Å². The van der Waals surface area contributed by atoms with E-state index in [9.17, 15) is 9.59 Å². The predicted octanol–water partition coefficient (Wildman–Crippen LogP) is 4.65. The summed E-state index contributed by atoms with van der Waals surface area (Å²) in [5, 5.41) is 0.725. The molecule has 1 aliphatic rings. The summed E-state index contributed by atoms with van der Waals surface area (Å²) >= 11 is 10.3. The average Bonchev–Trinajstić information content (AvgIpc) is 2.95. The van der Waals surface area contributed by atoms with Gasteiger partial charge in [0, 0.05) is 5.02 Å². The maximum absolute atomic E-state index is 12.4. The van der Waals surface area contributed by atoms with Gasteiger partial charge >= 0.3 is 5.97 Å². The number of nitrogens with zero attached hydrogens (tertiary/aromatic N) is 1. The van der Waals surface area contributed by atoms with Crippen LogP contribution in [0.25, 0.3) is 6.08 Å². The molecule has 0 spiro atoms. The van der Waals surface area contributed by atoms with E-state index in [1.54, 1.807) is 42.5 Å². The van der Waals surface area contributed by atoms with Gasteiger partial charge in [0.1, 0.15) is 0 Å².